The van der Waals surface area contributed by atoms with E-state index >= 15 is 0 Å². The minimum Gasteiger partial charge on any atom is -0.468 e. The van der Waals surface area contributed by atoms with Crippen LogP contribution in [0.25, 0.3) is 0 Å². The zero-order valence-corrected chi connectivity index (χ0v) is 9.28. The van der Waals surface area contributed by atoms with Crippen molar-refractivity contribution in [2.24, 2.45) is 5.92 Å². The van der Waals surface area contributed by atoms with Gasteiger partial charge in [0.15, 0.2) is 5.92 Å². The molecule has 15 heavy (non-hydrogen) atoms. The lowest BCUT2D eigenvalue weighted by molar-refractivity contribution is -0.158. The van der Waals surface area contributed by atoms with E-state index in [1.807, 2.05) is 6.92 Å². The van der Waals surface area contributed by atoms with Crippen LogP contribution in [0.1, 0.15) is 13.3 Å². The normalized spacial score (nSPS) is 10.4. The van der Waals surface area contributed by atoms with Crippen LogP contribution in [-0.2, 0) is 19.1 Å². The molecule has 84 valence electrons. The maximum absolute atomic E-state index is 11.2. The Morgan fingerprint density at radius 3 is 2.07 bits per heavy atom. The molecule has 0 bridgehead atoms. The van der Waals surface area contributed by atoms with Gasteiger partial charge in [-0.2, -0.15) is 0 Å². The Kier molecular flexibility index (Phi) is 6.09. The standard InChI is InChI=1S/C11H16O4/c1-8(2)6-5-7-9(10(12)14-3)11(13)15-4/h5-6,9H,1,7H2,2-4H3/b6-5+. The van der Waals surface area contributed by atoms with Crippen LogP contribution in [0, 0.1) is 5.92 Å². The zero-order valence-electron chi connectivity index (χ0n) is 9.28. The lowest BCUT2D eigenvalue weighted by Gasteiger charge is -2.09. The molecule has 0 rings (SSSR count). The van der Waals surface area contributed by atoms with Crippen LogP contribution in [0.5, 0.6) is 0 Å². The highest BCUT2D eigenvalue weighted by molar-refractivity contribution is 5.94. The van der Waals surface area contributed by atoms with Gasteiger partial charge in [-0.1, -0.05) is 24.3 Å². The summed E-state index contributed by atoms with van der Waals surface area (Å²) in [5, 5.41) is 0. The molecule has 0 aromatic rings. The second-order valence-electron chi connectivity index (χ2n) is 3.08. The summed E-state index contributed by atoms with van der Waals surface area (Å²) in [5.41, 5.74) is 0.850. The molecule has 0 heterocycles. The predicted molar refractivity (Wildman–Crippen MR) is 56.1 cm³/mol. The third kappa shape index (κ3) is 5.00. The van der Waals surface area contributed by atoms with Gasteiger partial charge >= 0.3 is 11.9 Å². The summed E-state index contributed by atoms with van der Waals surface area (Å²) in [7, 11) is 2.47. The van der Waals surface area contributed by atoms with E-state index in [4.69, 9.17) is 0 Å². The molecule has 4 heteroatoms. The Labute approximate surface area is 89.6 Å². The first-order valence-electron chi connectivity index (χ1n) is 4.50. The number of hydrogen-bond donors (Lipinski definition) is 0. The minimum atomic E-state index is -0.893. The first kappa shape index (κ1) is 13.4. The second-order valence-corrected chi connectivity index (χ2v) is 3.08. The summed E-state index contributed by atoms with van der Waals surface area (Å²) in [6.07, 6.45) is 3.69. The quantitative estimate of drug-likeness (QED) is 0.393. The fourth-order valence-electron chi connectivity index (χ4n) is 0.979. The number of carbonyl (C=O) groups is 2. The molecule has 0 atom stereocenters. The summed E-state index contributed by atoms with van der Waals surface area (Å²) in [4.78, 5) is 22.4. The molecular formula is C11H16O4. The van der Waals surface area contributed by atoms with Gasteiger partial charge in [-0.15, -0.1) is 0 Å². The number of carbonyl (C=O) groups excluding carboxylic acids is 2. The van der Waals surface area contributed by atoms with Gasteiger partial charge in [0.05, 0.1) is 14.2 Å². The number of ether oxygens (including phenoxy) is 2. The number of rotatable bonds is 5. The first-order valence-corrected chi connectivity index (χ1v) is 4.50. The number of hydrogen-bond acceptors (Lipinski definition) is 4. The van der Waals surface area contributed by atoms with Crippen molar-refractivity contribution in [3.63, 3.8) is 0 Å². The van der Waals surface area contributed by atoms with Gasteiger partial charge in [0.25, 0.3) is 0 Å². The van der Waals surface area contributed by atoms with E-state index in [-0.39, 0.29) is 6.42 Å². The van der Waals surface area contributed by atoms with Crippen molar-refractivity contribution in [1.82, 2.24) is 0 Å². The molecule has 0 spiro atoms. The topological polar surface area (TPSA) is 52.6 Å². The van der Waals surface area contributed by atoms with Gasteiger partial charge < -0.3 is 9.47 Å². The minimum absolute atomic E-state index is 0.256. The highest BCUT2D eigenvalue weighted by Crippen LogP contribution is 2.09. The van der Waals surface area contributed by atoms with Crippen LogP contribution < -0.4 is 0 Å². The summed E-state index contributed by atoms with van der Waals surface area (Å²) >= 11 is 0. The van der Waals surface area contributed by atoms with E-state index in [0.29, 0.717) is 0 Å². The molecule has 0 amide bonds. The number of allylic oxidation sites excluding steroid dienone is 3. The SMILES string of the molecule is C=C(C)/C=C/CC(C(=O)OC)C(=O)OC. The summed E-state index contributed by atoms with van der Waals surface area (Å²) in [5.74, 6) is -2.07. The van der Waals surface area contributed by atoms with E-state index in [1.54, 1.807) is 12.2 Å². The number of methoxy groups -OCH3 is 2. The van der Waals surface area contributed by atoms with Gasteiger partial charge in [-0.3, -0.25) is 9.59 Å². The lowest BCUT2D eigenvalue weighted by Crippen LogP contribution is -2.25. The first-order chi connectivity index (χ1) is 7.02. The van der Waals surface area contributed by atoms with Crippen molar-refractivity contribution in [3.05, 3.63) is 24.3 Å². The van der Waals surface area contributed by atoms with E-state index in [9.17, 15) is 9.59 Å². The van der Waals surface area contributed by atoms with E-state index in [1.165, 1.54) is 14.2 Å². The summed E-state index contributed by atoms with van der Waals surface area (Å²) < 4.78 is 8.99. The molecule has 4 nitrogen and oxygen atoms in total. The molecule has 0 radical (unpaired) electrons. The van der Waals surface area contributed by atoms with Crippen molar-refractivity contribution in [1.29, 1.82) is 0 Å². The van der Waals surface area contributed by atoms with Crippen molar-refractivity contribution in [3.8, 4) is 0 Å². The third-order valence-electron chi connectivity index (χ3n) is 1.75. The Morgan fingerprint density at radius 2 is 1.73 bits per heavy atom. The van der Waals surface area contributed by atoms with Crippen molar-refractivity contribution < 1.29 is 19.1 Å². The van der Waals surface area contributed by atoms with Crippen LogP contribution >= 0.6 is 0 Å². The van der Waals surface area contributed by atoms with Crippen LogP contribution in [0.4, 0.5) is 0 Å². The fourth-order valence-corrected chi connectivity index (χ4v) is 0.979. The Morgan fingerprint density at radius 1 is 1.27 bits per heavy atom. The van der Waals surface area contributed by atoms with E-state index in [2.05, 4.69) is 16.1 Å². The molecule has 0 aliphatic heterocycles. The maximum atomic E-state index is 11.2. The van der Waals surface area contributed by atoms with Crippen molar-refractivity contribution >= 4 is 11.9 Å². The van der Waals surface area contributed by atoms with Crippen molar-refractivity contribution in [2.45, 2.75) is 13.3 Å². The predicted octanol–water partition coefficient (Wildman–Crippen LogP) is 1.47. The molecule has 0 unspecified atom stereocenters. The summed E-state index contributed by atoms with van der Waals surface area (Å²) in [6.45, 7) is 5.48. The molecular weight excluding hydrogens is 196 g/mol. The molecule has 0 saturated heterocycles. The average molecular weight is 212 g/mol. The molecule has 0 N–H and O–H groups in total. The molecule has 0 fully saturated rings. The van der Waals surface area contributed by atoms with Gasteiger partial charge in [-0.05, 0) is 13.3 Å². The van der Waals surface area contributed by atoms with Gasteiger partial charge in [0.1, 0.15) is 0 Å². The lowest BCUT2D eigenvalue weighted by atomic mass is 10.1. The largest absolute Gasteiger partial charge is 0.468 e. The fraction of sp³-hybridized carbons (Fsp3) is 0.455. The van der Waals surface area contributed by atoms with Gasteiger partial charge in [-0.25, -0.2) is 0 Å². The Balaban J connectivity index is 4.45. The van der Waals surface area contributed by atoms with Crippen LogP contribution in [-0.4, -0.2) is 26.2 Å². The van der Waals surface area contributed by atoms with Crippen LogP contribution in [0.2, 0.25) is 0 Å². The highest BCUT2D eigenvalue weighted by atomic mass is 16.5. The zero-order chi connectivity index (χ0) is 11.8. The average Bonchev–Trinajstić information content (AvgIpc) is 2.22. The maximum Gasteiger partial charge on any atom is 0.320 e. The Hall–Kier alpha value is -1.58. The van der Waals surface area contributed by atoms with Gasteiger partial charge in [0.2, 0.25) is 0 Å². The molecule has 0 aliphatic rings. The van der Waals surface area contributed by atoms with Crippen molar-refractivity contribution in [2.75, 3.05) is 14.2 Å². The Bertz CT molecular complexity index is 262. The van der Waals surface area contributed by atoms with E-state index in [0.717, 1.165) is 5.57 Å². The molecule has 0 saturated carbocycles. The highest BCUT2D eigenvalue weighted by Gasteiger charge is 2.26. The van der Waals surface area contributed by atoms with E-state index < -0.39 is 17.9 Å². The van der Waals surface area contributed by atoms with Gasteiger partial charge in [0, 0.05) is 0 Å². The van der Waals surface area contributed by atoms with Crippen LogP contribution in [0.15, 0.2) is 24.3 Å². The molecule has 0 aromatic heterocycles. The third-order valence-corrected chi connectivity index (χ3v) is 1.75. The van der Waals surface area contributed by atoms with Crippen LogP contribution in [0.3, 0.4) is 0 Å². The smallest absolute Gasteiger partial charge is 0.320 e. The molecule has 0 aromatic carbocycles. The second kappa shape index (κ2) is 6.81. The summed E-state index contributed by atoms with van der Waals surface area (Å²) in [6, 6.07) is 0. The monoisotopic (exact) mass is 212 g/mol. The molecule has 0 aliphatic carbocycles. The number of esters is 2.